The maximum Gasteiger partial charge on any atom is 0.153 e. The van der Waals surface area contributed by atoms with E-state index in [2.05, 4.69) is 39.0 Å². The van der Waals surface area contributed by atoms with Crippen LogP contribution in [0.2, 0.25) is 10.0 Å². The van der Waals surface area contributed by atoms with Crippen LogP contribution in [0.3, 0.4) is 0 Å². The van der Waals surface area contributed by atoms with E-state index >= 15 is 0 Å². The van der Waals surface area contributed by atoms with E-state index in [-0.39, 0.29) is 12.4 Å². The quantitative estimate of drug-likeness (QED) is 0.524. The summed E-state index contributed by atoms with van der Waals surface area (Å²) in [6.07, 6.45) is 8.02. The number of hydrogen-bond acceptors (Lipinski definition) is 4. The van der Waals surface area contributed by atoms with Crippen molar-refractivity contribution in [1.29, 1.82) is 0 Å². The van der Waals surface area contributed by atoms with Gasteiger partial charge in [-0.05, 0) is 37.3 Å². The van der Waals surface area contributed by atoms with Crippen molar-refractivity contribution in [2.75, 3.05) is 37.6 Å². The second-order valence-electron chi connectivity index (χ2n) is 7.10. The van der Waals surface area contributed by atoms with Gasteiger partial charge in [-0.25, -0.2) is 9.67 Å². The number of nitrogens with zero attached hydrogens (tertiary/aromatic N) is 5. The first kappa shape index (κ1) is 22.6. The Morgan fingerprint density at radius 3 is 2.43 bits per heavy atom. The summed E-state index contributed by atoms with van der Waals surface area (Å²) in [7, 11) is 0. The molecule has 1 aliphatic heterocycles. The highest BCUT2D eigenvalue weighted by molar-refractivity contribution is 6.35. The molecular formula is C22H24Cl3N5. The third kappa shape index (κ3) is 5.35. The first-order chi connectivity index (χ1) is 14.1. The van der Waals surface area contributed by atoms with Crippen LogP contribution in [0.4, 0.5) is 5.69 Å². The molecule has 0 radical (unpaired) electrons. The molecule has 0 amide bonds. The average Bonchev–Trinajstić information content (AvgIpc) is 3.09. The summed E-state index contributed by atoms with van der Waals surface area (Å²) in [5.41, 5.74) is 3.29. The van der Waals surface area contributed by atoms with Crippen LogP contribution in [-0.2, 0) is 0 Å². The van der Waals surface area contributed by atoms with Crippen LogP contribution in [0.25, 0.3) is 11.9 Å². The van der Waals surface area contributed by atoms with Crippen LogP contribution < -0.4 is 4.90 Å². The van der Waals surface area contributed by atoms with Crippen molar-refractivity contribution in [3.63, 3.8) is 0 Å². The summed E-state index contributed by atoms with van der Waals surface area (Å²) < 4.78 is 1.87. The van der Waals surface area contributed by atoms with Crippen molar-refractivity contribution >= 4 is 47.4 Å². The predicted molar refractivity (Wildman–Crippen MR) is 127 cm³/mol. The topological polar surface area (TPSA) is 37.2 Å². The molecule has 0 spiro atoms. The van der Waals surface area contributed by atoms with Crippen LogP contribution in [0.5, 0.6) is 0 Å². The standard InChI is InChI=1S/C22H23Cl2N5.ClH/c1-17-18(16-26-29(17)22-6-2-3-7-25-22)5-4-8-27-9-11-28(12-10-27)21-14-19(23)13-20(24)15-21;/h2-7,13-16H,8-12H2,1H3;1H. The highest BCUT2D eigenvalue weighted by atomic mass is 35.5. The Hall–Kier alpha value is -2.05. The molecule has 30 heavy (non-hydrogen) atoms. The van der Waals surface area contributed by atoms with Gasteiger partial charge in [-0.3, -0.25) is 4.90 Å². The maximum atomic E-state index is 6.14. The molecule has 3 aromatic rings. The lowest BCUT2D eigenvalue weighted by Gasteiger charge is -2.35. The molecule has 3 heterocycles. The Kier molecular flexibility index (Phi) is 7.78. The molecule has 1 saturated heterocycles. The van der Waals surface area contributed by atoms with Gasteiger partial charge in [-0.2, -0.15) is 5.10 Å². The molecule has 1 aromatic carbocycles. The van der Waals surface area contributed by atoms with E-state index in [0.717, 1.165) is 55.5 Å². The zero-order chi connectivity index (χ0) is 20.2. The summed E-state index contributed by atoms with van der Waals surface area (Å²) in [4.78, 5) is 9.14. The Bertz CT molecular complexity index is 975. The van der Waals surface area contributed by atoms with Gasteiger partial charge < -0.3 is 4.90 Å². The van der Waals surface area contributed by atoms with E-state index in [0.29, 0.717) is 10.0 Å². The van der Waals surface area contributed by atoms with Crippen LogP contribution >= 0.6 is 35.6 Å². The minimum Gasteiger partial charge on any atom is -0.369 e. The number of halogens is 3. The third-order valence-corrected chi connectivity index (χ3v) is 5.60. The van der Waals surface area contributed by atoms with Crippen LogP contribution in [0.15, 0.2) is 54.9 Å². The van der Waals surface area contributed by atoms with Gasteiger partial charge in [0.2, 0.25) is 0 Å². The molecule has 1 fully saturated rings. The van der Waals surface area contributed by atoms with Crippen molar-refractivity contribution in [1.82, 2.24) is 19.7 Å². The Morgan fingerprint density at radius 1 is 1.03 bits per heavy atom. The fourth-order valence-corrected chi connectivity index (χ4v) is 4.05. The number of piperazine rings is 1. The molecule has 0 bridgehead atoms. The Labute approximate surface area is 193 Å². The summed E-state index contributed by atoms with van der Waals surface area (Å²) >= 11 is 12.3. The molecule has 5 nitrogen and oxygen atoms in total. The maximum absolute atomic E-state index is 6.14. The van der Waals surface area contributed by atoms with E-state index in [4.69, 9.17) is 23.2 Å². The fourth-order valence-electron chi connectivity index (χ4n) is 3.54. The van der Waals surface area contributed by atoms with Gasteiger partial charge in [0, 0.05) is 60.2 Å². The van der Waals surface area contributed by atoms with Gasteiger partial charge in [0.05, 0.1) is 11.9 Å². The van der Waals surface area contributed by atoms with Gasteiger partial charge in [-0.1, -0.05) is 41.4 Å². The normalized spacial score (nSPS) is 14.8. The lowest BCUT2D eigenvalue weighted by Crippen LogP contribution is -2.46. The van der Waals surface area contributed by atoms with Crippen molar-refractivity contribution in [3.8, 4) is 5.82 Å². The van der Waals surface area contributed by atoms with Crippen molar-refractivity contribution in [2.24, 2.45) is 0 Å². The summed E-state index contributed by atoms with van der Waals surface area (Å²) in [6, 6.07) is 11.6. The van der Waals surface area contributed by atoms with Crippen LogP contribution in [0.1, 0.15) is 11.3 Å². The van der Waals surface area contributed by atoms with E-state index in [1.54, 1.807) is 12.3 Å². The molecule has 0 atom stereocenters. The highest BCUT2D eigenvalue weighted by Crippen LogP contribution is 2.26. The minimum atomic E-state index is 0. The summed E-state index contributed by atoms with van der Waals surface area (Å²) in [6.45, 7) is 6.90. The number of benzene rings is 1. The largest absolute Gasteiger partial charge is 0.369 e. The molecule has 0 N–H and O–H groups in total. The molecule has 0 unspecified atom stereocenters. The monoisotopic (exact) mass is 463 g/mol. The van der Waals surface area contributed by atoms with E-state index < -0.39 is 0 Å². The summed E-state index contributed by atoms with van der Waals surface area (Å²) in [5, 5.41) is 5.83. The van der Waals surface area contributed by atoms with Crippen LogP contribution in [-0.4, -0.2) is 52.4 Å². The molecule has 1 aliphatic rings. The van der Waals surface area contributed by atoms with Gasteiger partial charge in [-0.15, -0.1) is 12.4 Å². The lowest BCUT2D eigenvalue weighted by atomic mass is 10.2. The molecule has 0 saturated carbocycles. The Morgan fingerprint density at radius 2 is 1.77 bits per heavy atom. The average molecular weight is 465 g/mol. The minimum absolute atomic E-state index is 0. The van der Waals surface area contributed by atoms with E-state index in [1.807, 2.05) is 41.2 Å². The molecule has 0 aliphatic carbocycles. The molecule has 2 aromatic heterocycles. The van der Waals surface area contributed by atoms with Gasteiger partial charge in [0.1, 0.15) is 0 Å². The predicted octanol–water partition coefficient (Wildman–Crippen LogP) is 5.14. The molecule has 4 rings (SSSR count). The molecule has 158 valence electrons. The third-order valence-electron chi connectivity index (χ3n) is 5.16. The number of pyridine rings is 1. The number of rotatable bonds is 5. The number of hydrogen-bond donors (Lipinski definition) is 0. The second kappa shape index (κ2) is 10.3. The Balaban J connectivity index is 0.00000256. The van der Waals surface area contributed by atoms with E-state index in [9.17, 15) is 0 Å². The first-order valence-electron chi connectivity index (χ1n) is 9.66. The van der Waals surface area contributed by atoms with Gasteiger partial charge in [0.15, 0.2) is 5.82 Å². The van der Waals surface area contributed by atoms with E-state index in [1.165, 1.54) is 0 Å². The second-order valence-corrected chi connectivity index (χ2v) is 7.98. The molecular weight excluding hydrogens is 441 g/mol. The smallest absolute Gasteiger partial charge is 0.153 e. The van der Waals surface area contributed by atoms with Gasteiger partial charge in [0.25, 0.3) is 0 Å². The SMILES string of the molecule is Cc1c(C=CCN2CCN(c3cc(Cl)cc(Cl)c3)CC2)cnn1-c1ccccn1.Cl. The number of aromatic nitrogens is 3. The zero-order valence-corrected chi connectivity index (χ0v) is 19.0. The zero-order valence-electron chi connectivity index (χ0n) is 16.7. The van der Waals surface area contributed by atoms with Gasteiger partial charge >= 0.3 is 0 Å². The lowest BCUT2D eigenvalue weighted by molar-refractivity contribution is 0.284. The first-order valence-corrected chi connectivity index (χ1v) is 10.4. The number of anilines is 1. The van der Waals surface area contributed by atoms with Crippen molar-refractivity contribution < 1.29 is 0 Å². The fraction of sp³-hybridized carbons (Fsp3) is 0.273. The highest BCUT2D eigenvalue weighted by Gasteiger charge is 2.17. The summed E-state index contributed by atoms with van der Waals surface area (Å²) in [5.74, 6) is 0.835. The van der Waals surface area contributed by atoms with Crippen molar-refractivity contribution in [3.05, 3.63) is 76.2 Å². The molecule has 8 heteroatoms. The van der Waals surface area contributed by atoms with Crippen molar-refractivity contribution in [2.45, 2.75) is 6.92 Å². The van der Waals surface area contributed by atoms with Crippen LogP contribution in [0, 0.1) is 6.92 Å².